The summed E-state index contributed by atoms with van der Waals surface area (Å²) in [6.45, 7) is 3.37. The molecule has 2 rings (SSSR count). The predicted molar refractivity (Wildman–Crippen MR) is 88.9 cm³/mol. The smallest absolute Gasteiger partial charge is 0.127 e. The van der Waals surface area contributed by atoms with Crippen molar-refractivity contribution in [2.45, 2.75) is 19.9 Å². The Labute approximate surface area is 139 Å². The van der Waals surface area contributed by atoms with Gasteiger partial charge in [-0.2, -0.15) is 0 Å². The Morgan fingerprint density at radius 1 is 1.05 bits per heavy atom. The number of benzene rings is 2. The molecule has 0 bridgehead atoms. The Morgan fingerprint density at radius 2 is 1.71 bits per heavy atom. The first kappa shape index (κ1) is 16.6. The van der Waals surface area contributed by atoms with Crippen LogP contribution in [0.15, 0.2) is 30.3 Å². The molecule has 21 heavy (non-hydrogen) atoms. The van der Waals surface area contributed by atoms with Gasteiger partial charge in [0.05, 0.1) is 10.0 Å². The zero-order chi connectivity index (χ0) is 15.4. The fourth-order valence-electron chi connectivity index (χ4n) is 2.08. The topological polar surface area (TPSA) is 12.0 Å². The minimum atomic E-state index is -0.247. The van der Waals surface area contributed by atoms with Gasteiger partial charge in [0.15, 0.2) is 0 Å². The first-order chi connectivity index (χ1) is 10.0. The second-order valence-electron chi connectivity index (χ2n) is 4.73. The van der Waals surface area contributed by atoms with Crippen LogP contribution in [0.2, 0.25) is 15.1 Å². The quantitative estimate of drug-likeness (QED) is 0.659. The Balaban J connectivity index is 2.39. The summed E-state index contributed by atoms with van der Waals surface area (Å²) < 4.78 is 13.9. The zero-order valence-electron chi connectivity index (χ0n) is 11.5. The van der Waals surface area contributed by atoms with Crippen molar-refractivity contribution in [3.8, 4) is 11.1 Å². The van der Waals surface area contributed by atoms with E-state index in [1.54, 1.807) is 24.3 Å². The van der Waals surface area contributed by atoms with Gasteiger partial charge in [-0.3, -0.25) is 0 Å². The molecule has 0 aliphatic heterocycles. The molecule has 112 valence electrons. The largest absolute Gasteiger partial charge is 0.313 e. The first-order valence-corrected chi connectivity index (χ1v) is 7.80. The summed E-state index contributed by atoms with van der Waals surface area (Å²) >= 11 is 18.3. The van der Waals surface area contributed by atoms with Crippen molar-refractivity contribution in [3.05, 3.63) is 56.8 Å². The van der Waals surface area contributed by atoms with E-state index in [4.69, 9.17) is 34.8 Å². The monoisotopic (exact) mass is 345 g/mol. The lowest BCUT2D eigenvalue weighted by atomic mass is 10.0. The van der Waals surface area contributed by atoms with Gasteiger partial charge in [-0.15, -0.1) is 0 Å². The molecule has 0 saturated carbocycles. The summed E-state index contributed by atoms with van der Waals surface area (Å²) in [7, 11) is 0. The van der Waals surface area contributed by atoms with Crippen LogP contribution in [0.5, 0.6) is 0 Å². The second kappa shape index (κ2) is 7.46. The average Bonchev–Trinajstić information content (AvgIpc) is 2.41. The summed E-state index contributed by atoms with van der Waals surface area (Å²) in [4.78, 5) is 0. The summed E-state index contributed by atoms with van der Waals surface area (Å²) in [6.07, 6.45) is 0.996. The Bertz CT molecular complexity index is 620. The highest BCUT2D eigenvalue weighted by Crippen LogP contribution is 2.37. The molecular formula is C16H15Cl3FN. The van der Waals surface area contributed by atoms with Crippen molar-refractivity contribution in [2.75, 3.05) is 6.54 Å². The van der Waals surface area contributed by atoms with E-state index in [2.05, 4.69) is 12.2 Å². The minimum absolute atomic E-state index is 0.247. The van der Waals surface area contributed by atoms with Crippen LogP contribution >= 0.6 is 34.8 Å². The highest BCUT2D eigenvalue weighted by atomic mass is 35.5. The number of hydrogen-bond donors (Lipinski definition) is 1. The third-order valence-electron chi connectivity index (χ3n) is 3.08. The maximum Gasteiger partial charge on any atom is 0.127 e. The van der Waals surface area contributed by atoms with Crippen molar-refractivity contribution in [1.29, 1.82) is 0 Å². The third kappa shape index (κ3) is 4.10. The molecule has 0 spiro atoms. The van der Waals surface area contributed by atoms with Crippen LogP contribution in [0.4, 0.5) is 4.39 Å². The van der Waals surface area contributed by atoms with Gasteiger partial charge in [0.2, 0.25) is 0 Å². The maximum atomic E-state index is 13.9. The molecule has 1 nitrogen and oxygen atoms in total. The van der Waals surface area contributed by atoms with E-state index >= 15 is 0 Å². The predicted octanol–water partition coefficient (Wildman–Crippen LogP) is 5.95. The fourth-order valence-corrected chi connectivity index (χ4v) is 3.12. The molecule has 0 radical (unpaired) electrons. The molecule has 0 aliphatic carbocycles. The van der Waals surface area contributed by atoms with Crippen LogP contribution in [0, 0.1) is 5.82 Å². The number of rotatable bonds is 5. The summed E-state index contributed by atoms with van der Waals surface area (Å²) in [6, 6.07) is 8.11. The van der Waals surface area contributed by atoms with Crippen LogP contribution < -0.4 is 5.32 Å². The molecule has 0 saturated heterocycles. The lowest BCUT2D eigenvalue weighted by Gasteiger charge is -2.11. The van der Waals surface area contributed by atoms with Crippen LogP contribution in [-0.4, -0.2) is 6.54 Å². The van der Waals surface area contributed by atoms with Crippen molar-refractivity contribution < 1.29 is 4.39 Å². The normalized spacial score (nSPS) is 10.9. The van der Waals surface area contributed by atoms with Gasteiger partial charge in [-0.05, 0) is 42.8 Å². The van der Waals surface area contributed by atoms with Gasteiger partial charge >= 0.3 is 0 Å². The molecule has 2 aromatic carbocycles. The van der Waals surface area contributed by atoms with E-state index in [-0.39, 0.29) is 5.82 Å². The summed E-state index contributed by atoms with van der Waals surface area (Å²) in [5.74, 6) is -0.247. The van der Waals surface area contributed by atoms with Gasteiger partial charge in [-0.25, -0.2) is 4.39 Å². The van der Waals surface area contributed by atoms with E-state index in [1.165, 1.54) is 6.07 Å². The number of hydrogen-bond acceptors (Lipinski definition) is 1. The first-order valence-electron chi connectivity index (χ1n) is 6.67. The molecule has 0 aromatic heterocycles. The van der Waals surface area contributed by atoms with E-state index in [0.29, 0.717) is 32.7 Å². The van der Waals surface area contributed by atoms with Gasteiger partial charge in [-0.1, -0.05) is 47.8 Å². The molecule has 0 unspecified atom stereocenters. The molecule has 0 heterocycles. The number of halogens is 4. The van der Waals surface area contributed by atoms with Gasteiger partial charge in [0.1, 0.15) is 5.82 Å². The van der Waals surface area contributed by atoms with Crippen molar-refractivity contribution >= 4 is 34.8 Å². The molecule has 2 aromatic rings. The highest BCUT2D eigenvalue weighted by Gasteiger charge is 2.12. The number of nitrogens with one attached hydrogen (secondary N) is 1. The molecule has 0 atom stereocenters. The van der Waals surface area contributed by atoms with Crippen molar-refractivity contribution in [3.63, 3.8) is 0 Å². The van der Waals surface area contributed by atoms with Crippen molar-refractivity contribution in [2.24, 2.45) is 0 Å². The minimum Gasteiger partial charge on any atom is -0.313 e. The molecule has 0 amide bonds. The molecular weight excluding hydrogens is 332 g/mol. The van der Waals surface area contributed by atoms with Gasteiger partial charge in [0, 0.05) is 22.7 Å². The summed E-state index contributed by atoms with van der Waals surface area (Å²) in [5.41, 5.74) is 2.03. The van der Waals surface area contributed by atoms with E-state index in [9.17, 15) is 4.39 Å². The zero-order valence-corrected chi connectivity index (χ0v) is 13.8. The molecule has 0 aliphatic rings. The third-order valence-corrected chi connectivity index (χ3v) is 3.90. The highest BCUT2D eigenvalue weighted by molar-refractivity contribution is 6.41. The standard InChI is InChI=1S/C16H15Cl3FN/c1-2-5-21-9-11-6-10(3-4-15(11)20)16-13(18)7-12(17)8-14(16)19/h3-4,6-8,21H,2,5,9H2,1H3. The van der Waals surface area contributed by atoms with Crippen molar-refractivity contribution in [1.82, 2.24) is 5.32 Å². The van der Waals surface area contributed by atoms with E-state index < -0.39 is 0 Å². The van der Waals surface area contributed by atoms with Crippen LogP contribution in [0.25, 0.3) is 11.1 Å². The summed E-state index contributed by atoms with van der Waals surface area (Å²) in [5, 5.41) is 4.56. The van der Waals surface area contributed by atoms with Gasteiger partial charge in [0.25, 0.3) is 0 Å². The molecule has 1 N–H and O–H groups in total. The Kier molecular flexibility index (Phi) is 5.88. The van der Waals surface area contributed by atoms with E-state index in [0.717, 1.165) is 18.5 Å². The SMILES string of the molecule is CCCNCc1cc(-c2c(Cl)cc(Cl)cc2Cl)ccc1F. The van der Waals surface area contributed by atoms with E-state index in [1.807, 2.05) is 0 Å². The fraction of sp³-hybridized carbons (Fsp3) is 0.250. The lowest BCUT2D eigenvalue weighted by molar-refractivity contribution is 0.587. The van der Waals surface area contributed by atoms with Crippen LogP contribution in [0.1, 0.15) is 18.9 Å². The Morgan fingerprint density at radius 3 is 2.33 bits per heavy atom. The second-order valence-corrected chi connectivity index (χ2v) is 5.98. The van der Waals surface area contributed by atoms with Crippen LogP contribution in [0.3, 0.4) is 0 Å². The molecule has 0 fully saturated rings. The lowest BCUT2D eigenvalue weighted by Crippen LogP contribution is -2.14. The van der Waals surface area contributed by atoms with Gasteiger partial charge < -0.3 is 5.32 Å². The van der Waals surface area contributed by atoms with Crippen LogP contribution in [-0.2, 0) is 6.54 Å². The maximum absolute atomic E-state index is 13.9. The molecule has 5 heteroatoms. The Hall–Kier alpha value is -0.800. The average molecular weight is 347 g/mol.